The van der Waals surface area contributed by atoms with E-state index in [-0.39, 0.29) is 11.3 Å². The first-order valence-corrected chi connectivity index (χ1v) is 7.93. The third-order valence-electron chi connectivity index (χ3n) is 3.29. The van der Waals surface area contributed by atoms with E-state index in [1.807, 2.05) is 13.0 Å². The number of anilines is 1. The molecule has 0 saturated heterocycles. The highest BCUT2D eigenvalue weighted by Crippen LogP contribution is 2.24. The lowest BCUT2D eigenvalue weighted by molar-refractivity contribution is -0.131. The fourth-order valence-electron chi connectivity index (χ4n) is 2.18. The molecule has 2 aromatic rings. The van der Waals surface area contributed by atoms with Crippen LogP contribution in [-0.2, 0) is 4.79 Å². The molecule has 0 spiro atoms. The zero-order valence-corrected chi connectivity index (χ0v) is 14.6. The van der Waals surface area contributed by atoms with Crippen molar-refractivity contribution in [1.29, 1.82) is 0 Å². The van der Waals surface area contributed by atoms with Crippen molar-refractivity contribution in [1.82, 2.24) is 0 Å². The Labute approximate surface area is 150 Å². The predicted octanol–water partition coefficient (Wildman–Crippen LogP) is 3.76. The number of benzene rings is 2. The summed E-state index contributed by atoms with van der Waals surface area (Å²) in [6.07, 6.45) is 0. The molecular formula is C18H18ClNO5. The number of aryl methyl sites for hydroxylation is 1. The van der Waals surface area contributed by atoms with Crippen LogP contribution in [0.3, 0.4) is 0 Å². The van der Waals surface area contributed by atoms with Crippen LogP contribution in [0, 0.1) is 6.92 Å². The summed E-state index contributed by atoms with van der Waals surface area (Å²) in [7, 11) is 0. The SMILES string of the molecule is CC(=O)Oc1ccc(NCCOc2ccc(Cl)cc2C)cc1C(=O)O. The van der Waals surface area contributed by atoms with Crippen molar-refractivity contribution >= 4 is 29.2 Å². The first kappa shape index (κ1) is 18.6. The smallest absolute Gasteiger partial charge is 0.339 e. The van der Waals surface area contributed by atoms with Gasteiger partial charge in [-0.15, -0.1) is 0 Å². The molecule has 0 aliphatic heterocycles. The molecule has 25 heavy (non-hydrogen) atoms. The third-order valence-corrected chi connectivity index (χ3v) is 3.52. The van der Waals surface area contributed by atoms with E-state index in [0.29, 0.717) is 23.9 Å². The zero-order chi connectivity index (χ0) is 18.4. The third kappa shape index (κ3) is 5.39. The van der Waals surface area contributed by atoms with Crippen LogP contribution >= 0.6 is 11.6 Å². The van der Waals surface area contributed by atoms with Gasteiger partial charge in [-0.2, -0.15) is 0 Å². The lowest BCUT2D eigenvalue weighted by atomic mass is 10.1. The Morgan fingerprint density at radius 2 is 1.88 bits per heavy atom. The first-order chi connectivity index (χ1) is 11.9. The van der Waals surface area contributed by atoms with Gasteiger partial charge in [-0.25, -0.2) is 4.79 Å². The molecule has 0 aliphatic carbocycles. The number of hydrogen-bond acceptors (Lipinski definition) is 5. The number of carboxylic acid groups (broad SMARTS) is 1. The van der Waals surface area contributed by atoms with Gasteiger partial charge < -0.3 is 19.9 Å². The molecule has 0 saturated carbocycles. The summed E-state index contributed by atoms with van der Waals surface area (Å²) >= 11 is 5.90. The Hall–Kier alpha value is -2.73. The number of rotatable bonds is 7. The summed E-state index contributed by atoms with van der Waals surface area (Å²) in [6, 6.07) is 9.86. The summed E-state index contributed by atoms with van der Waals surface area (Å²) in [4.78, 5) is 22.3. The second-order valence-corrected chi connectivity index (χ2v) is 5.73. The van der Waals surface area contributed by atoms with E-state index in [0.717, 1.165) is 11.3 Å². The maximum Gasteiger partial charge on any atom is 0.339 e. The fraction of sp³-hybridized carbons (Fsp3) is 0.222. The quantitative estimate of drug-likeness (QED) is 0.442. The molecule has 132 valence electrons. The number of halogens is 1. The molecule has 0 radical (unpaired) electrons. The molecule has 2 rings (SSSR count). The van der Waals surface area contributed by atoms with E-state index < -0.39 is 11.9 Å². The van der Waals surface area contributed by atoms with Crippen LogP contribution in [-0.4, -0.2) is 30.2 Å². The van der Waals surface area contributed by atoms with Crippen LogP contribution in [0.15, 0.2) is 36.4 Å². The maximum absolute atomic E-state index is 11.3. The molecule has 0 aromatic heterocycles. The Kier molecular flexibility index (Phi) is 6.25. The zero-order valence-electron chi connectivity index (χ0n) is 13.8. The molecule has 7 heteroatoms. The van der Waals surface area contributed by atoms with Crippen molar-refractivity contribution in [3.8, 4) is 11.5 Å². The van der Waals surface area contributed by atoms with Crippen LogP contribution < -0.4 is 14.8 Å². The molecular weight excluding hydrogens is 346 g/mol. The average molecular weight is 364 g/mol. The molecule has 0 fully saturated rings. The van der Waals surface area contributed by atoms with E-state index in [4.69, 9.17) is 21.1 Å². The number of carbonyl (C=O) groups excluding carboxylic acids is 1. The van der Waals surface area contributed by atoms with Crippen LogP contribution in [0.4, 0.5) is 5.69 Å². The topological polar surface area (TPSA) is 84.9 Å². The normalized spacial score (nSPS) is 10.2. The maximum atomic E-state index is 11.3. The minimum atomic E-state index is -1.17. The minimum Gasteiger partial charge on any atom is -0.491 e. The van der Waals surface area contributed by atoms with Crippen molar-refractivity contribution in [2.75, 3.05) is 18.5 Å². The summed E-state index contributed by atoms with van der Waals surface area (Å²) in [5, 5.41) is 12.9. The van der Waals surface area contributed by atoms with Crippen molar-refractivity contribution in [3.63, 3.8) is 0 Å². The summed E-state index contributed by atoms with van der Waals surface area (Å²) in [6.45, 7) is 3.97. The lowest BCUT2D eigenvalue weighted by Gasteiger charge is -2.12. The Bertz CT molecular complexity index is 791. The van der Waals surface area contributed by atoms with Crippen LogP contribution in [0.5, 0.6) is 11.5 Å². The van der Waals surface area contributed by atoms with Crippen LogP contribution in [0.25, 0.3) is 0 Å². The van der Waals surface area contributed by atoms with Crippen molar-refractivity contribution in [2.24, 2.45) is 0 Å². The molecule has 2 N–H and O–H groups in total. The van der Waals surface area contributed by atoms with Crippen molar-refractivity contribution in [3.05, 3.63) is 52.5 Å². The number of hydrogen-bond donors (Lipinski definition) is 2. The van der Waals surface area contributed by atoms with Crippen LogP contribution in [0.1, 0.15) is 22.8 Å². The van der Waals surface area contributed by atoms with Gasteiger partial charge in [0.25, 0.3) is 0 Å². The number of carbonyl (C=O) groups is 2. The van der Waals surface area contributed by atoms with Gasteiger partial charge in [0.05, 0.1) is 0 Å². The number of esters is 1. The lowest BCUT2D eigenvalue weighted by Crippen LogP contribution is -2.13. The van der Waals surface area contributed by atoms with Gasteiger partial charge in [0, 0.05) is 24.2 Å². The largest absolute Gasteiger partial charge is 0.491 e. The average Bonchev–Trinajstić information content (AvgIpc) is 2.53. The van der Waals surface area contributed by atoms with Gasteiger partial charge in [0.15, 0.2) is 0 Å². The molecule has 0 aliphatic rings. The van der Waals surface area contributed by atoms with Gasteiger partial charge >= 0.3 is 11.9 Å². The van der Waals surface area contributed by atoms with Gasteiger partial charge in [0.2, 0.25) is 0 Å². The number of carboxylic acids is 1. The van der Waals surface area contributed by atoms with Gasteiger partial charge in [0.1, 0.15) is 23.7 Å². The van der Waals surface area contributed by atoms with Gasteiger partial charge in [-0.05, 0) is 48.9 Å². The molecule has 0 unspecified atom stereocenters. The number of aromatic carboxylic acids is 1. The van der Waals surface area contributed by atoms with Gasteiger partial charge in [-0.3, -0.25) is 4.79 Å². The first-order valence-electron chi connectivity index (χ1n) is 7.55. The molecule has 2 aromatic carbocycles. The summed E-state index contributed by atoms with van der Waals surface area (Å²) in [5.41, 5.74) is 1.44. The monoisotopic (exact) mass is 363 g/mol. The molecule has 0 atom stereocenters. The molecule has 6 nitrogen and oxygen atoms in total. The highest BCUT2D eigenvalue weighted by molar-refractivity contribution is 6.30. The van der Waals surface area contributed by atoms with Crippen molar-refractivity contribution in [2.45, 2.75) is 13.8 Å². The number of ether oxygens (including phenoxy) is 2. The Morgan fingerprint density at radius 1 is 1.16 bits per heavy atom. The number of nitrogens with one attached hydrogen (secondary N) is 1. The Morgan fingerprint density at radius 3 is 2.52 bits per heavy atom. The van der Waals surface area contributed by atoms with Crippen LogP contribution in [0.2, 0.25) is 5.02 Å². The van der Waals surface area contributed by atoms with E-state index in [9.17, 15) is 14.7 Å². The van der Waals surface area contributed by atoms with Crippen molar-refractivity contribution < 1.29 is 24.2 Å². The minimum absolute atomic E-state index is 0.0126. The second-order valence-electron chi connectivity index (χ2n) is 5.29. The van der Waals surface area contributed by atoms with E-state index in [1.54, 1.807) is 18.2 Å². The fourth-order valence-corrected chi connectivity index (χ4v) is 2.41. The van der Waals surface area contributed by atoms with E-state index in [2.05, 4.69) is 5.32 Å². The van der Waals surface area contributed by atoms with Gasteiger partial charge in [-0.1, -0.05) is 11.6 Å². The van der Waals surface area contributed by atoms with E-state index >= 15 is 0 Å². The van der Waals surface area contributed by atoms with E-state index in [1.165, 1.54) is 19.1 Å². The molecule has 0 bridgehead atoms. The highest BCUT2D eigenvalue weighted by Gasteiger charge is 2.14. The molecule has 0 heterocycles. The predicted molar refractivity (Wildman–Crippen MR) is 94.9 cm³/mol. The summed E-state index contributed by atoms with van der Waals surface area (Å²) < 4.78 is 10.5. The summed E-state index contributed by atoms with van der Waals surface area (Å²) in [5.74, 6) is -0.996. The Balaban J connectivity index is 1.95. The standard InChI is InChI=1S/C18H18ClNO5/c1-11-9-13(19)3-5-16(11)24-8-7-20-14-4-6-17(25-12(2)21)15(10-14)18(22)23/h3-6,9-10,20H,7-8H2,1-2H3,(H,22,23). The second kappa shape index (κ2) is 8.39. The highest BCUT2D eigenvalue weighted by atomic mass is 35.5. The molecule has 0 amide bonds.